The van der Waals surface area contributed by atoms with Crippen LogP contribution >= 0.6 is 0 Å². The number of carbonyl (C=O) groups excluding carboxylic acids is 1. The van der Waals surface area contributed by atoms with Crippen LogP contribution in [0.3, 0.4) is 0 Å². The third kappa shape index (κ3) is 5.79. The van der Waals surface area contributed by atoms with Gasteiger partial charge in [0.25, 0.3) is 0 Å². The summed E-state index contributed by atoms with van der Waals surface area (Å²) in [5, 5.41) is 0. The van der Waals surface area contributed by atoms with Crippen LogP contribution < -0.4 is 0 Å². The molecule has 1 heterocycles. The number of hydrogen-bond acceptors (Lipinski definition) is 6. The maximum Gasteiger partial charge on any atom is 0.339 e. The summed E-state index contributed by atoms with van der Waals surface area (Å²) >= 11 is 0. The zero-order chi connectivity index (χ0) is 15.7. The fourth-order valence-corrected chi connectivity index (χ4v) is 1.98. The van der Waals surface area contributed by atoms with Crippen LogP contribution in [0.25, 0.3) is 0 Å². The highest BCUT2D eigenvalue weighted by molar-refractivity contribution is 5.88. The molecule has 0 radical (unpaired) electrons. The topological polar surface area (TPSA) is 60.9 Å². The summed E-state index contributed by atoms with van der Waals surface area (Å²) in [4.78, 5) is 17.9. The average Bonchev–Trinajstić information content (AvgIpc) is 2.51. The van der Waals surface area contributed by atoms with Gasteiger partial charge in [-0.2, -0.15) is 0 Å². The number of methoxy groups -OCH3 is 3. The van der Waals surface area contributed by atoms with Crippen LogP contribution in [0, 0.1) is 0 Å². The molecule has 0 saturated carbocycles. The van der Waals surface area contributed by atoms with Gasteiger partial charge in [0.1, 0.15) is 0 Å². The highest BCUT2D eigenvalue weighted by atomic mass is 16.5. The maximum atomic E-state index is 11.4. The first kappa shape index (κ1) is 17.6. The monoisotopic (exact) mass is 296 g/mol. The first-order valence-corrected chi connectivity index (χ1v) is 6.87. The van der Waals surface area contributed by atoms with Gasteiger partial charge in [0.15, 0.2) is 0 Å². The van der Waals surface area contributed by atoms with Gasteiger partial charge in [-0.1, -0.05) is 0 Å². The number of aromatic nitrogens is 1. The van der Waals surface area contributed by atoms with Crippen molar-refractivity contribution in [2.24, 2.45) is 0 Å². The van der Waals surface area contributed by atoms with E-state index in [9.17, 15) is 4.79 Å². The normalized spacial score (nSPS) is 12.4. The van der Waals surface area contributed by atoms with Crippen molar-refractivity contribution >= 4 is 5.97 Å². The second-order valence-electron chi connectivity index (χ2n) is 4.80. The Morgan fingerprint density at radius 2 is 2.05 bits per heavy atom. The lowest BCUT2D eigenvalue weighted by Gasteiger charge is -2.28. The molecule has 1 rings (SSSR count). The Morgan fingerprint density at radius 1 is 1.29 bits per heavy atom. The zero-order valence-corrected chi connectivity index (χ0v) is 13.2. The molecule has 0 aliphatic carbocycles. The van der Waals surface area contributed by atoms with E-state index in [1.54, 1.807) is 20.3 Å². The molecule has 6 heteroatoms. The van der Waals surface area contributed by atoms with E-state index in [2.05, 4.69) is 21.5 Å². The van der Waals surface area contributed by atoms with Gasteiger partial charge in [-0.15, -0.1) is 0 Å². The summed E-state index contributed by atoms with van der Waals surface area (Å²) < 4.78 is 15.0. The first-order chi connectivity index (χ1) is 10.1. The van der Waals surface area contributed by atoms with Gasteiger partial charge >= 0.3 is 5.97 Å². The minimum Gasteiger partial charge on any atom is -0.465 e. The molecule has 1 unspecified atom stereocenters. The van der Waals surface area contributed by atoms with Gasteiger partial charge in [-0.3, -0.25) is 9.88 Å². The number of ether oxygens (including phenoxy) is 3. The molecule has 118 valence electrons. The lowest BCUT2D eigenvalue weighted by Crippen LogP contribution is -2.38. The third-order valence-corrected chi connectivity index (χ3v) is 3.22. The predicted molar refractivity (Wildman–Crippen MR) is 79.2 cm³/mol. The number of carbonyl (C=O) groups is 1. The van der Waals surface area contributed by atoms with E-state index in [1.807, 2.05) is 6.07 Å². The van der Waals surface area contributed by atoms with E-state index in [0.717, 1.165) is 12.2 Å². The Hall–Kier alpha value is -1.50. The Morgan fingerprint density at radius 3 is 2.57 bits per heavy atom. The predicted octanol–water partition coefficient (Wildman–Crippen LogP) is 1.35. The van der Waals surface area contributed by atoms with E-state index in [-0.39, 0.29) is 12.0 Å². The highest BCUT2D eigenvalue weighted by Gasteiger charge is 2.15. The Kier molecular flexibility index (Phi) is 7.89. The van der Waals surface area contributed by atoms with Crippen LogP contribution in [0.4, 0.5) is 0 Å². The molecule has 0 spiro atoms. The summed E-state index contributed by atoms with van der Waals surface area (Å²) in [6, 6.07) is 3.82. The first-order valence-electron chi connectivity index (χ1n) is 6.87. The molecule has 1 aromatic heterocycles. The highest BCUT2D eigenvalue weighted by Crippen LogP contribution is 2.08. The molecule has 0 amide bonds. The zero-order valence-electron chi connectivity index (χ0n) is 13.2. The Balaban J connectivity index is 2.70. The van der Waals surface area contributed by atoms with Crippen LogP contribution in [0.2, 0.25) is 0 Å². The number of pyridine rings is 1. The summed E-state index contributed by atoms with van der Waals surface area (Å²) in [5.41, 5.74) is 1.34. The van der Waals surface area contributed by atoms with Gasteiger partial charge in [0.2, 0.25) is 0 Å². The molecule has 6 nitrogen and oxygen atoms in total. The van der Waals surface area contributed by atoms with Gasteiger partial charge in [0.05, 0.1) is 31.6 Å². The molecule has 1 aromatic rings. The average molecular weight is 296 g/mol. The maximum absolute atomic E-state index is 11.4. The number of hydrogen-bond donors (Lipinski definition) is 0. The number of nitrogens with zero attached hydrogens (tertiary/aromatic N) is 2. The van der Waals surface area contributed by atoms with Crippen molar-refractivity contribution in [1.29, 1.82) is 0 Å². The second-order valence-corrected chi connectivity index (χ2v) is 4.80. The molecule has 0 aromatic carbocycles. The molecule has 0 N–H and O–H groups in total. The molecule has 1 atom stereocenters. The van der Waals surface area contributed by atoms with E-state index in [4.69, 9.17) is 9.47 Å². The second kappa shape index (κ2) is 9.44. The van der Waals surface area contributed by atoms with Crippen LogP contribution in [0.5, 0.6) is 0 Å². The quantitative estimate of drug-likeness (QED) is 0.641. The molecule has 21 heavy (non-hydrogen) atoms. The van der Waals surface area contributed by atoms with Crippen molar-refractivity contribution in [1.82, 2.24) is 9.88 Å². The van der Waals surface area contributed by atoms with Crippen molar-refractivity contribution in [3.63, 3.8) is 0 Å². The summed E-state index contributed by atoms with van der Waals surface area (Å²) in [6.45, 7) is 4.86. The molecular formula is C15H24N2O4. The molecule has 0 fully saturated rings. The van der Waals surface area contributed by atoms with Crippen LogP contribution in [0.1, 0.15) is 23.0 Å². The molecule has 0 bridgehead atoms. The minimum absolute atomic E-state index is 0.257. The van der Waals surface area contributed by atoms with Crippen LogP contribution in [0.15, 0.2) is 18.3 Å². The van der Waals surface area contributed by atoms with Crippen molar-refractivity contribution in [3.05, 3.63) is 29.6 Å². The van der Waals surface area contributed by atoms with E-state index in [1.165, 1.54) is 13.3 Å². The number of esters is 1. The van der Waals surface area contributed by atoms with Crippen molar-refractivity contribution in [2.45, 2.75) is 19.5 Å². The lowest BCUT2D eigenvalue weighted by molar-refractivity contribution is 0.0600. The Labute approximate surface area is 126 Å². The van der Waals surface area contributed by atoms with Gasteiger partial charge in [-0.05, 0) is 19.1 Å². The summed E-state index contributed by atoms with van der Waals surface area (Å²) in [6.07, 6.45) is 1.54. The van der Waals surface area contributed by atoms with Crippen LogP contribution in [-0.2, 0) is 20.8 Å². The SMILES string of the molecule is COCCN(Cc1ccc(C(=O)OC)cn1)C(C)COC. The van der Waals surface area contributed by atoms with Crippen molar-refractivity contribution < 1.29 is 19.0 Å². The number of rotatable bonds is 9. The summed E-state index contributed by atoms with van der Waals surface area (Å²) in [5.74, 6) is -0.377. The van der Waals surface area contributed by atoms with E-state index < -0.39 is 0 Å². The van der Waals surface area contributed by atoms with Gasteiger partial charge in [-0.25, -0.2) is 4.79 Å². The molecular weight excluding hydrogens is 272 g/mol. The van der Waals surface area contributed by atoms with Gasteiger partial charge < -0.3 is 14.2 Å². The largest absolute Gasteiger partial charge is 0.465 e. The van der Waals surface area contributed by atoms with E-state index in [0.29, 0.717) is 25.3 Å². The Bertz CT molecular complexity index is 422. The fourth-order valence-electron chi connectivity index (χ4n) is 1.98. The third-order valence-electron chi connectivity index (χ3n) is 3.22. The summed E-state index contributed by atoms with van der Waals surface area (Å²) in [7, 11) is 4.73. The van der Waals surface area contributed by atoms with Gasteiger partial charge in [0, 0.05) is 39.5 Å². The minimum atomic E-state index is -0.377. The fraction of sp³-hybridized carbons (Fsp3) is 0.600. The standard InChI is InChI=1S/C15H24N2O4/c1-12(11-20-3)17(7-8-19-2)10-14-6-5-13(9-16-14)15(18)21-4/h5-6,9,12H,7-8,10-11H2,1-4H3. The van der Waals surface area contributed by atoms with Crippen molar-refractivity contribution in [3.8, 4) is 0 Å². The van der Waals surface area contributed by atoms with Crippen LogP contribution in [-0.4, -0.2) is 63.0 Å². The molecule has 0 aliphatic heterocycles. The van der Waals surface area contributed by atoms with Crippen molar-refractivity contribution in [2.75, 3.05) is 41.1 Å². The van der Waals surface area contributed by atoms with E-state index >= 15 is 0 Å². The lowest BCUT2D eigenvalue weighted by atomic mass is 10.2. The smallest absolute Gasteiger partial charge is 0.339 e. The molecule has 0 aliphatic rings. The molecule has 0 saturated heterocycles.